The van der Waals surface area contributed by atoms with Crippen molar-refractivity contribution in [2.45, 2.75) is 33.6 Å². The molecular weight excluding hydrogens is 168 g/mol. The van der Waals surface area contributed by atoms with E-state index in [0.717, 1.165) is 12.8 Å². The second kappa shape index (κ2) is 8.05. The standard InChI is InChI=1S/C10H20O3/c1-4-13-10(11)8-12-7-5-6-9(2)3/h9H,4-8H2,1-3H3. The van der Waals surface area contributed by atoms with Gasteiger partial charge in [-0.2, -0.15) is 0 Å². The van der Waals surface area contributed by atoms with E-state index in [2.05, 4.69) is 13.8 Å². The average molecular weight is 188 g/mol. The van der Waals surface area contributed by atoms with Crippen LogP contribution in [0.4, 0.5) is 0 Å². The number of rotatable bonds is 7. The van der Waals surface area contributed by atoms with Crippen molar-refractivity contribution >= 4 is 5.97 Å². The Morgan fingerprint density at radius 2 is 2.08 bits per heavy atom. The van der Waals surface area contributed by atoms with Gasteiger partial charge >= 0.3 is 5.97 Å². The smallest absolute Gasteiger partial charge is 0.332 e. The molecule has 0 aromatic rings. The molecule has 0 saturated carbocycles. The molecule has 0 aliphatic carbocycles. The maximum Gasteiger partial charge on any atom is 0.332 e. The SMILES string of the molecule is CCOC(=O)COCCCC(C)C. The second-order valence-corrected chi connectivity index (χ2v) is 3.39. The topological polar surface area (TPSA) is 35.5 Å². The van der Waals surface area contributed by atoms with E-state index in [0.29, 0.717) is 19.1 Å². The fourth-order valence-corrected chi connectivity index (χ4v) is 0.952. The van der Waals surface area contributed by atoms with Crippen molar-refractivity contribution in [1.29, 1.82) is 0 Å². The number of hydrogen-bond acceptors (Lipinski definition) is 3. The Morgan fingerprint density at radius 1 is 1.38 bits per heavy atom. The number of hydrogen-bond donors (Lipinski definition) is 0. The Morgan fingerprint density at radius 3 is 2.62 bits per heavy atom. The van der Waals surface area contributed by atoms with Crippen LogP contribution < -0.4 is 0 Å². The van der Waals surface area contributed by atoms with E-state index >= 15 is 0 Å². The fourth-order valence-electron chi connectivity index (χ4n) is 0.952. The maximum atomic E-state index is 10.8. The van der Waals surface area contributed by atoms with E-state index in [1.54, 1.807) is 6.92 Å². The molecule has 0 aromatic carbocycles. The van der Waals surface area contributed by atoms with Gasteiger partial charge in [-0.1, -0.05) is 13.8 Å². The van der Waals surface area contributed by atoms with Crippen molar-refractivity contribution in [2.75, 3.05) is 19.8 Å². The largest absolute Gasteiger partial charge is 0.464 e. The summed E-state index contributed by atoms with van der Waals surface area (Å²) in [6, 6.07) is 0. The van der Waals surface area contributed by atoms with E-state index in [1.165, 1.54) is 0 Å². The molecule has 0 amide bonds. The van der Waals surface area contributed by atoms with E-state index < -0.39 is 0 Å². The molecule has 0 spiro atoms. The Labute approximate surface area is 80.4 Å². The molecule has 0 aromatic heterocycles. The molecule has 78 valence electrons. The summed E-state index contributed by atoms with van der Waals surface area (Å²) < 4.78 is 9.83. The predicted molar refractivity (Wildman–Crippen MR) is 51.5 cm³/mol. The number of carbonyl (C=O) groups excluding carboxylic acids is 1. The zero-order valence-corrected chi connectivity index (χ0v) is 8.84. The Hall–Kier alpha value is -0.570. The van der Waals surface area contributed by atoms with Gasteiger partial charge in [0.15, 0.2) is 0 Å². The van der Waals surface area contributed by atoms with Crippen LogP contribution in [0.3, 0.4) is 0 Å². The third kappa shape index (κ3) is 9.34. The van der Waals surface area contributed by atoms with Crippen LogP contribution >= 0.6 is 0 Å². The third-order valence-corrected chi connectivity index (χ3v) is 1.60. The molecule has 0 unspecified atom stereocenters. The summed E-state index contributed by atoms with van der Waals surface area (Å²) in [6.07, 6.45) is 2.15. The van der Waals surface area contributed by atoms with E-state index in [-0.39, 0.29) is 12.6 Å². The molecule has 0 atom stereocenters. The van der Waals surface area contributed by atoms with Crippen molar-refractivity contribution < 1.29 is 14.3 Å². The lowest BCUT2D eigenvalue weighted by atomic mass is 10.1. The molecule has 0 fully saturated rings. The molecule has 3 nitrogen and oxygen atoms in total. The minimum atomic E-state index is -0.271. The van der Waals surface area contributed by atoms with Crippen LogP contribution in [0.1, 0.15) is 33.6 Å². The highest BCUT2D eigenvalue weighted by molar-refractivity contribution is 5.70. The van der Waals surface area contributed by atoms with Crippen LogP contribution in [-0.4, -0.2) is 25.8 Å². The minimum absolute atomic E-state index is 0.0892. The minimum Gasteiger partial charge on any atom is -0.464 e. The first kappa shape index (κ1) is 12.4. The van der Waals surface area contributed by atoms with Gasteiger partial charge in [0.05, 0.1) is 6.61 Å². The highest BCUT2D eigenvalue weighted by Gasteiger charge is 2.00. The molecule has 0 aliphatic rings. The summed E-state index contributed by atoms with van der Waals surface area (Å²) in [5.41, 5.74) is 0. The zero-order chi connectivity index (χ0) is 10.1. The molecule has 0 rings (SSSR count). The molecule has 0 saturated heterocycles. The van der Waals surface area contributed by atoms with Crippen LogP contribution in [0.2, 0.25) is 0 Å². The Balaban J connectivity index is 3.11. The van der Waals surface area contributed by atoms with Crippen LogP contribution in [0, 0.1) is 5.92 Å². The number of ether oxygens (including phenoxy) is 2. The first-order chi connectivity index (χ1) is 6.16. The lowest BCUT2D eigenvalue weighted by Gasteiger charge is -2.05. The van der Waals surface area contributed by atoms with Gasteiger partial charge in [0, 0.05) is 6.61 Å². The van der Waals surface area contributed by atoms with Crippen molar-refractivity contribution in [3.05, 3.63) is 0 Å². The first-order valence-corrected chi connectivity index (χ1v) is 4.90. The zero-order valence-electron chi connectivity index (χ0n) is 8.84. The van der Waals surface area contributed by atoms with Gasteiger partial charge in [0.25, 0.3) is 0 Å². The summed E-state index contributed by atoms with van der Waals surface area (Å²) in [5, 5.41) is 0. The summed E-state index contributed by atoms with van der Waals surface area (Å²) in [4.78, 5) is 10.8. The molecule has 0 bridgehead atoms. The van der Waals surface area contributed by atoms with Gasteiger partial charge in [0.1, 0.15) is 6.61 Å². The predicted octanol–water partition coefficient (Wildman–Crippen LogP) is 2.00. The Kier molecular flexibility index (Phi) is 7.69. The van der Waals surface area contributed by atoms with Crippen LogP contribution in [0.25, 0.3) is 0 Å². The van der Waals surface area contributed by atoms with Crippen molar-refractivity contribution in [3.8, 4) is 0 Å². The van der Waals surface area contributed by atoms with Crippen molar-refractivity contribution in [2.24, 2.45) is 5.92 Å². The third-order valence-electron chi connectivity index (χ3n) is 1.60. The van der Waals surface area contributed by atoms with Gasteiger partial charge < -0.3 is 9.47 Å². The first-order valence-electron chi connectivity index (χ1n) is 4.90. The Bertz CT molecular complexity index is 132. The highest BCUT2D eigenvalue weighted by atomic mass is 16.6. The van der Waals surface area contributed by atoms with E-state index in [1.807, 2.05) is 0 Å². The van der Waals surface area contributed by atoms with Gasteiger partial charge in [-0.3, -0.25) is 0 Å². The van der Waals surface area contributed by atoms with Gasteiger partial charge in [0.2, 0.25) is 0 Å². The molecule has 0 heterocycles. The lowest BCUT2D eigenvalue weighted by Crippen LogP contribution is -2.13. The van der Waals surface area contributed by atoms with Gasteiger partial charge in [-0.25, -0.2) is 4.79 Å². The van der Waals surface area contributed by atoms with Gasteiger partial charge in [-0.05, 0) is 25.7 Å². The lowest BCUT2D eigenvalue weighted by molar-refractivity contribution is -0.148. The summed E-state index contributed by atoms with van der Waals surface area (Å²) >= 11 is 0. The number of esters is 1. The average Bonchev–Trinajstić information content (AvgIpc) is 2.03. The molecular formula is C10H20O3. The normalized spacial score (nSPS) is 10.5. The summed E-state index contributed by atoms with van der Waals surface area (Å²) in [5.74, 6) is 0.429. The number of carbonyl (C=O) groups is 1. The quantitative estimate of drug-likeness (QED) is 0.453. The van der Waals surface area contributed by atoms with E-state index in [4.69, 9.17) is 9.47 Å². The summed E-state index contributed by atoms with van der Waals surface area (Å²) in [7, 11) is 0. The van der Waals surface area contributed by atoms with Crippen LogP contribution in [0.5, 0.6) is 0 Å². The molecule has 3 heteroatoms. The highest BCUT2D eigenvalue weighted by Crippen LogP contribution is 2.02. The molecule has 0 aliphatic heterocycles. The van der Waals surface area contributed by atoms with E-state index in [9.17, 15) is 4.79 Å². The molecule has 0 N–H and O–H groups in total. The van der Waals surface area contributed by atoms with Gasteiger partial charge in [-0.15, -0.1) is 0 Å². The second-order valence-electron chi connectivity index (χ2n) is 3.39. The van der Waals surface area contributed by atoms with Crippen molar-refractivity contribution in [1.82, 2.24) is 0 Å². The fraction of sp³-hybridized carbons (Fsp3) is 0.900. The maximum absolute atomic E-state index is 10.8. The monoisotopic (exact) mass is 188 g/mol. The molecule has 13 heavy (non-hydrogen) atoms. The molecule has 0 radical (unpaired) electrons. The van der Waals surface area contributed by atoms with Crippen molar-refractivity contribution in [3.63, 3.8) is 0 Å². The summed E-state index contributed by atoms with van der Waals surface area (Å²) in [6.45, 7) is 7.30. The van der Waals surface area contributed by atoms with Crippen LogP contribution in [0.15, 0.2) is 0 Å². The van der Waals surface area contributed by atoms with Crippen LogP contribution in [-0.2, 0) is 14.3 Å².